The number of morpholine rings is 1. The highest BCUT2D eigenvalue weighted by atomic mass is 16.5. The highest BCUT2D eigenvalue weighted by Gasteiger charge is 2.57. The van der Waals surface area contributed by atoms with E-state index < -0.39 is 0 Å². The van der Waals surface area contributed by atoms with E-state index in [9.17, 15) is 9.59 Å². The summed E-state index contributed by atoms with van der Waals surface area (Å²) in [6.45, 7) is 4.42. The van der Waals surface area contributed by atoms with E-state index in [0.29, 0.717) is 37.6 Å². The van der Waals surface area contributed by atoms with Gasteiger partial charge in [0.1, 0.15) is 0 Å². The number of carbonyl (C=O) groups excluding carboxylic acids is 2. The van der Waals surface area contributed by atoms with Crippen molar-refractivity contribution in [1.29, 1.82) is 0 Å². The molecule has 0 radical (unpaired) electrons. The number of rotatable bonds is 3. The van der Waals surface area contributed by atoms with Crippen molar-refractivity contribution in [1.82, 2.24) is 10.2 Å². The molecule has 0 aromatic heterocycles. The van der Waals surface area contributed by atoms with Gasteiger partial charge >= 0.3 is 0 Å². The highest BCUT2D eigenvalue weighted by molar-refractivity contribution is 5.98. The molecule has 1 atom stereocenters. The zero-order valence-electron chi connectivity index (χ0n) is 14.4. The lowest BCUT2D eigenvalue weighted by Gasteiger charge is -2.27. The molecule has 1 saturated carbocycles. The van der Waals surface area contributed by atoms with Gasteiger partial charge in [0, 0.05) is 30.3 Å². The molecule has 2 saturated heterocycles. The predicted octanol–water partition coefficient (Wildman–Crippen LogP) is 1.49. The molecule has 3 aliphatic rings. The molecule has 3 fully saturated rings. The summed E-state index contributed by atoms with van der Waals surface area (Å²) in [5.41, 5.74) is 1.54. The Hall–Kier alpha value is -1.92. The number of benzene rings is 1. The monoisotopic (exact) mass is 343 g/mol. The van der Waals surface area contributed by atoms with Gasteiger partial charge in [0.25, 0.3) is 5.91 Å². The lowest BCUT2D eigenvalue weighted by Crippen LogP contribution is -2.40. The fourth-order valence-corrected chi connectivity index (χ4v) is 4.10. The smallest absolute Gasteiger partial charge is 0.254 e. The summed E-state index contributed by atoms with van der Waals surface area (Å²) in [4.78, 5) is 27.0. The number of nitrogens with one attached hydrogen (secondary N) is 2. The fourth-order valence-electron chi connectivity index (χ4n) is 4.10. The molecule has 1 spiro atoms. The van der Waals surface area contributed by atoms with Crippen LogP contribution in [0, 0.1) is 11.3 Å². The van der Waals surface area contributed by atoms with Gasteiger partial charge in [-0.2, -0.15) is 0 Å². The molecule has 6 nitrogen and oxygen atoms in total. The van der Waals surface area contributed by atoms with E-state index in [1.807, 2.05) is 12.1 Å². The first kappa shape index (κ1) is 16.5. The quantitative estimate of drug-likeness (QED) is 0.872. The minimum absolute atomic E-state index is 0.000598. The van der Waals surface area contributed by atoms with E-state index in [1.165, 1.54) is 0 Å². The van der Waals surface area contributed by atoms with Crippen LogP contribution in [0.1, 0.15) is 29.6 Å². The molecule has 1 aliphatic carbocycles. The Kier molecular flexibility index (Phi) is 4.48. The Labute approximate surface area is 147 Å². The molecule has 0 bridgehead atoms. The third kappa shape index (κ3) is 3.41. The minimum Gasteiger partial charge on any atom is -0.378 e. The second-order valence-electron chi connectivity index (χ2n) is 7.34. The summed E-state index contributed by atoms with van der Waals surface area (Å²) in [6.07, 6.45) is 3.16. The van der Waals surface area contributed by atoms with Crippen LogP contribution < -0.4 is 10.6 Å². The van der Waals surface area contributed by atoms with E-state index in [2.05, 4.69) is 10.6 Å². The van der Waals surface area contributed by atoms with Crippen molar-refractivity contribution in [2.75, 3.05) is 44.7 Å². The van der Waals surface area contributed by atoms with E-state index >= 15 is 0 Å². The first-order valence-electron chi connectivity index (χ1n) is 9.17. The fraction of sp³-hybridized carbons (Fsp3) is 0.579. The molecule has 2 N–H and O–H groups in total. The summed E-state index contributed by atoms with van der Waals surface area (Å²) >= 11 is 0. The van der Waals surface area contributed by atoms with Crippen molar-refractivity contribution < 1.29 is 14.3 Å². The Bertz CT molecular complexity index is 664. The summed E-state index contributed by atoms with van der Waals surface area (Å²) in [7, 11) is 0. The van der Waals surface area contributed by atoms with Gasteiger partial charge in [-0.25, -0.2) is 0 Å². The molecule has 1 unspecified atom stereocenters. The number of hydrogen-bond donors (Lipinski definition) is 2. The largest absolute Gasteiger partial charge is 0.378 e. The SMILES string of the molecule is O=C(Nc1cccc(C(=O)N2CCOCC2)c1)C1CC12CCNCC2. The minimum atomic E-state index is 0.000598. The van der Waals surface area contributed by atoms with Crippen LogP contribution in [0.25, 0.3) is 0 Å². The van der Waals surface area contributed by atoms with E-state index in [-0.39, 0.29) is 23.1 Å². The maximum Gasteiger partial charge on any atom is 0.254 e. The number of nitrogens with zero attached hydrogens (tertiary/aromatic N) is 1. The van der Waals surface area contributed by atoms with Crippen molar-refractivity contribution in [2.24, 2.45) is 11.3 Å². The molecule has 6 heteroatoms. The number of anilines is 1. The van der Waals surface area contributed by atoms with Crippen LogP contribution in [0.5, 0.6) is 0 Å². The van der Waals surface area contributed by atoms with Gasteiger partial charge in [0.15, 0.2) is 0 Å². The molecule has 4 rings (SSSR count). The molecule has 2 heterocycles. The molecule has 2 amide bonds. The number of ether oxygens (including phenoxy) is 1. The first-order valence-corrected chi connectivity index (χ1v) is 9.17. The van der Waals surface area contributed by atoms with Crippen molar-refractivity contribution in [3.8, 4) is 0 Å². The number of hydrogen-bond acceptors (Lipinski definition) is 4. The Morgan fingerprint density at radius 3 is 2.72 bits per heavy atom. The van der Waals surface area contributed by atoms with Gasteiger partial charge in [-0.3, -0.25) is 9.59 Å². The first-order chi connectivity index (χ1) is 12.2. The number of amides is 2. The Morgan fingerprint density at radius 1 is 1.20 bits per heavy atom. The zero-order valence-corrected chi connectivity index (χ0v) is 14.4. The topological polar surface area (TPSA) is 70.7 Å². The van der Waals surface area contributed by atoms with Gasteiger partial charge in [-0.1, -0.05) is 6.07 Å². The van der Waals surface area contributed by atoms with Crippen LogP contribution in [0.2, 0.25) is 0 Å². The van der Waals surface area contributed by atoms with Crippen molar-refractivity contribution in [3.05, 3.63) is 29.8 Å². The standard InChI is InChI=1S/C19H25N3O3/c23-17(16-13-19(16)4-6-20-7-5-19)21-15-3-1-2-14(12-15)18(24)22-8-10-25-11-9-22/h1-3,12,16,20H,4-11,13H2,(H,21,23). The summed E-state index contributed by atoms with van der Waals surface area (Å²) in [5.74, 6) is 0.215. The molecule has 1 aromatic rings. The van der Waals surface area contributed by atoms with Crippen LogP contribution >= 0.6 is 0 Å². The number of piperidine rings is 1. The van der Waals surface area contributed by atoms with Crippen LogP contribution in [0.3, 0.4) is 0 Å². The molecular formula is C19H25N3O3. The molecule has 134 valence electrons. The van der Waals surface area contributed by atoms with E-state index in [4.69, 9.17) is 4.74 Å². The summed E-state index contributed by atoms with van der Waals surface area (Å²) in [6, 6.07) is 7.27. The molecular weight excluding hydrogens is 318 g/mol. The lowest BCUT2D eigenvalue weighted by atomic mass is 9.92. The van der Waals surface area contributed by atoms with E-state index in [1.54, 1.807) is 17.0 Å². The van der Waals surface area contributed by atoms with Crippen LogP contribution in [0.4, 0.5) is 5.69 Å². The van der Waals surface area contributed by atoms with Crippen molar-refractivity contribution in [3.63, 3.8) is 0 Å². The second-order valence-corrected chi connectivity index (χ2v) is 7.34. The normalized spacial score (nSPS) is 24.8. The average Bonchev–Trinajstić information content (AvgIpc) is 3.35. The zero-order chi connectivity index (χ0) is 17.3. The van der Waals surface area contributed by atoms with Crippen LogP contribution in [0.15, 0.2) is 24.3 Å². The average molecular weight is 343 g/mol. The van der Waals surface area contributed by atoms with Gasteiger partial charge in [-0.15, -0.1) is 0 Å². The lowest BCUT2D eigenvalue weighted by molar-refractivity contribution is -0.118. The second kappa shape index (κ2) is 6.77. The van der Waals surface area contributed by atoms with Gasteiger partial charge in [0.05, 0.1) is 13.2 Å². The third-order valence-electron chi connectivity index (χ3n) is 5.78. The number of carbonyl (C=O) groups is 2. The van der Waals surface area contributed by atoms with Gasteiger partial charge < -0.3 is 20.3 Å². The van der Waals surface area contributed by atoms with Crippen molar-refractivity contribution in [2.45, 2.75) is 19.3 Å². The van der Waals surface area contributed by atoms with E-state index in [0.717, 1.165) is 32.4 Å². The maximum atomic E-state index is 12.6. The molecule has 25 heavy (non-hydrogen) atoms. The summed E-state index contributed by atoms with van der Waals surface area (Å²) < 4.78 is 5.29. The molecule has 2 aliphatic heterocycles. The highest BCUT2D eigenvalue weighted by Crippen LogP contribution is 2.58. The maximum absolute atomic E-state index is 12.6. The van der Waals surface area contributed by atoms with Crippen LogP contribution in [-0.2, 0) is 9.53 Å². The van der Waals surface area contributed by atoms with Crippen molar-refractivity contribution >= 4 is 17.5 Å². The van der Waals surface area contributed by atoms with Crippen LogP contribution in [-0.4, -0.2) is 56.1 Å². The molecule has 1 aromatic carbocycles. The van der Waals surface area contributed by atoms with Gasteiger partial charge in [0.2, 0.25) is 5.91 Å². The summed E-state index contributed by atoms with van der Waals surface area (Å²) in [5, 5.41) is 6.38. The third-order valence-corrected chi connectivity index (χ3v) is 5.78. The Balaban J connectivity index is 1.40. The van der Waals surface area contributed by atoms with Gasteiger partial charge in [-0.05, 0) is 56.0 Å². The Morgan fingerprint density at radius 2 is 1.96 bits per heavy atom. The predicted molar refractivity (Wildman–Crippen MR) is 94.4 cm³/mol.